The third kappa shape index (κ3) is 2.36. The summed E-state index contributed by atoms with van der Waals surface area (Å²) in [5.41, 5.74) is 3.07. The van der Waals surface area contributed by atoms with E-state index in [1.54, 1.807) is 12.1 Å². The average molecular weight is 258 g/mol. The summed E-state index contributed by atoms with van der Waals surface area (Å²) >= 11 is 0. The molecule has 0 spiro atoms. The summed E-state index contributed by atoms with van der Waals surface area (Å²) in [6.45, 7) is 3.95. The Hall–Kier alpha value is -2.16. The summed E-state index contributed by atoms with van der Waals surface area (Å²) < 4.78 is 0. The zero-order valence-corrected chi connectivity index (χ0v) is 11.1. The van der Waals surface area contributed by atoms with Gasteiger partial charge in [-0.3, -0.25) is 0 Å². The number of rotatable bonds is 3. The lowest BCUT2D eigenvalue weighted by Gasteiger charge is -2.12. The first kappa shape index (κ1) is 13.3. The maximum absolute atomic E-state index is 10.1. The Morgan fingerprint density at radius 3 is 1.95 bits per heavy atom. The molecule has 0 saturated heterocycles. The van der Waals surface area contributed by atoms with Gasteiger partial charge in [0.05, 0.1) is 0 Å². The molecule has 0 aliphatic heterocycles. The van der Waals surface area contributed by atoms with Crippen molar-refractivity contribution >= 4 is 0 Å². The molecule has 0 atom stereocenters. The van der Waals surface area contributed by atoms with E-state index in [4.69, 9.17) is 0 Å². The molecule has 19 heavy (non-hydrogen) atoms. The quantitative estimate of drug-likeness (QED) is 0.737. The molecule has 0 aromatic heterocycles. The van der Waals surface area contributed by atoms with Crippen molar-refractivity contribution < 1.29 is 15.3 Å². The van der Waals surface area contributed by atoms with Crippen LogP contribution in [-0.4, -0.2) is 15.3 Å². The van der Waals surface area contributed by atoms with Crippen LogP contribution in [0.3, 0.4) is 0 Å². The van der Waals surface area contributed by atoms with Crippen LogP contribution in [0.4, 0.5) is 0 Å². The number of hydrogen-bond acceptors (Lipinski definition) is 3. The van der Waals surface area contributed by atoms with E-state index >= 15 is 0 Å². The van der Waals surface area contributed by atoms with Crippen LogP contribution in [-0.2, 0) is 12.8 Å². The van der Waals surface area contributed by atoms with E-state index in [0.717, 1.165) is 16.7 Å². The standard InChI is InChI=1S/C16H18O3/c1-3-10-8-12(9-11(4-2)15(10)18)13-6-5-7-14(17)16(13)19/h5-9,17-19H,3-4H2,1-2H3. The minimum atomic E-state index is -0.137. The summed E-state index contributed by atoms with van der Waals surface area (Å²) in [4.78, 5) is 0. The zero-order chi connectivity index (χ0) is 14.0. The highest BCUT2D eigenvalue weighted by Gasteiger charge is 2.13. The highest BCUT2D eigenvalue weighted by molar-refractivity contribution is 5.75. The lowest BCUT2D eigenvalue weighted by molar-refractivity contribution is 0.405. The summed E-state index contributed by atoms with van der Waals surface area (Å²) in [5, 5.41) is 29.6. The lowest BCUT2D eigenvalue weighted by atomic mass is 9.96. The normalized spacial score (nSPS) is 10.6. The van der Waals surface area contributed by atoms with Gasteiger partial charge in [-0.1, -0.05) is 26.0 Å². The van der Waals surface area contributed by atoms with Crippen molar-refractivity contribution in [3.63, 3.8) is 0 Å². The van der Waals surface area contributed by atoms with Gasteiger partial charge in [0.25, 0.3) is 0 Å². The molecule has 3 N–H and O–H groups in total. The third-order valence-corrected chi connectivity index (χ3v) is 3.36. The Kier molecular flexibility index (Phi) is 3.65. The van der Waals surface area contributed by atoms with E-state index < -0.39 is 0 Å². The molecular formula is C16H18O3. The minimum absolute atomic E-state index is 0.128. The fraction of sp³-hybridized carbons (Fsp3) is 0.250. The minimum Gasteiger partial charge on any atom is -0.507 e. The molecule has 0 heterocycles. The zero-order valence-electron chi connectivity index (χ0n) is 11.1. The summed E-state index contributed by atoms with van der Waals surface area (Å²) in [6.07, 6.45) is 1.43. The number of aryl methyl sites for hydroxylation is 2. The van der Waals surface area contributed by atoms with Gasteiger partial charge in [-0.15, -0.1) is 0 Å². The highest BCUT2D eigenvalue weighted by Crippen LogP contribution is 2.38. The molecule has 3 nitrogen and oxygen atoms in total. The largest absolute Gasteiger partial charge is 0.507 e. The van der Waals surface area contributed by atoms with Gasteiger partial charge in [-0.25, -0.2) is 0 Å². The van der Waals surface area contributed by atoms with Crippen LogP contribution < -0.4 is 0 Å². The second kappa shape index (κ2) is 5.22. The first-order valence-corrected chi connectivity index (χ1v) is 6.44. The Labute approximate surface area is 112 Å². The Balaban J connectivity index is 2.65. The second-order valence-corrected chi connectivity index (χ2v) is 4.52. The molecule has 0 amide bonds. The van der Waals surface area contributed by atoms with E-state index in [0.29, 0.717) is 24.2 Å². The van der Waals surface area contributed by atoms with Gasteiger partial charge in [0.15, 0.2) is 11.5 Å². The number of aromatic hydroxyl groups is 3. The molecule has 0 radical (unpaired) electrons. The topological polar surface area (TPSA) is 60.7 Å². The van der Waals surface area contributed by atoms with Crippen LogP contribution in [0.1, 0.15) is 25.0 Å². The molecule has 0 aliphatic carbocycles. The van der Waals surface area contributed by atoms with Crippen LogP contribution in [0.15, 0.2) is 30.3 Å². The van der Waals surface area contributed by atoms with Gasteiger partial charge in [0.1, 0.15) is 5.75 Å². The molecule has 2 rings (SSSR count). The van der Waals surface area contributed by atoms with Gasteiger partial charge < -0.3 is 15.3 Å². The first-order chi connectivity index (χ1) is 9.08. The van der Waals surface area contributed by atoms with Crippen molar-refractivity contribution in [2.75, 3.05) is 0 Å². The number of hydrogen-bond donors (Lipinski definition) is 3. The Morgan fingerprint density at radius 2 is 1.42 bits per heavy atom. The molecule has 0 bridgehead atoms. The smallest absolute Gasteiger partial charge is 0.165 e. The molecule has 2 aromatic rings. The van der Waals surface area contributed by atoms with Crippen molar-refractivity contribution in [3.8, 4) is 28.4 Å². The Bertz CT molecular complexity index is 578. The fourth-order valence-electron chi connectivity index (χ4n) is 2.22. The SMILES string of the molecule is CCc1cc(-c2cccc(O)c2O)cc(CC)c1O. The molecule has 2 aromatic carbocycles. The summed E-state index contributed by atoms with van der Waals surface area (Å²) in [5.74, 6) is 0.0624. The molecule has 0 saturated carbocycles. The van der Waals surface area contributed by atoms with Gasteiger partial charge in [0.2, 0.25) is 0 Å². The van der Waals surface area contributed by atoms with Crippen molar-refractivity contribution in [2.45, 2.75) is 26.7 Å². The van der Waals surface area contributed by atoms with Gasteiger partial charge in [-0.2, -0.15) is 0 Å². The third-order valence-electron chi connectivity index (χ3n) is 3.36. The summed E-state index contributed by atoms with van der Waals surface area (Å²) in [7, 11) is 0. The molecule has 100 valence electrons. The molecule has 0 fully saturated rings. The predicted molar refractivity (Wildman–Crippen MR) is 75.6 cm³/mol. The monoisotopic (exact) mass is 258 g/mol. The van der Waals surface area contributed by atoms with Crippen LogP contribution >= 0.6 is 0 Å². The second-order valence-electron chi connectivity index (χ2n) is 4.52. The summed E-state index contributed by atoms with van der Waals surface area (Å²) in [6, 6.07) is 8.58. The van der Waals surface area contributed by atoms with Crippen LogP contribution in [0.25, 0.3) is 11.1 Å². The lowest BCUT2D eigenvalue weighted by Crippen LogP contribution is -1.91. The van der Waals surface area contributed by atoms with Crippen molar-refractivity contribution in [3.05, 3.63) is 41.5 Å². The molecule has 3 heteroatoms. The number of phenolic OH excluding ortho intramolecular Hbond substituents is 3. The average Bonchev–Trinajstić information content (AvgIpc) is 2.42. The van der Waals surface area contributed by atoms with Crippen LogP contribution in [0, 0.1) is 0 Å². The van der Waals surface area contributed by atoms with E-state index in [2.05, 4.69) is 0 Å². The van der Waals surface area contributed by atoms with Gasteiger partial charge in [0, 0.05) is 5.56 Å². The van der Waals surface area contributed by atoms with Crippen LogP contribution in [0.5, 0.6) is 17.2 Å². The number of benzene rings is 2. The number of phenols is 3. The van der Waals surface area contributed by atoms with Crippen molar-refractivity contribution in [1.82, 2.24) is 0 Å². The van der Waals surface area contributed by atoms with Crippen molar-refractivity contribution in [1.29, 1.82) is 0 Å². The highest BCUT2D eigenvalue weighted by atomic mass is 16.3. The predicted octanol–water partition coefficient (Wildman–Crippen LogP) is 3.60. The fourth-order valence-corrected chi connectivity index (χ4v) is 2.22. The maximum Gasteiger partial charge on any atom is 0.165 e. The van der Waals surface area contributed by atoms with E-state index in [9.17, 15) is 15.3 Å². The Morgan fingerprint density at radius 1 is 0.842 bits per heavy atom. The van der Waals surface area contributed by atoms with Gasteiger partial charge in [-0.05, 0) is 47.7 Å². The van der Waals surface area contributed by atoms with E-state index in [-0.39, 0.29) is 11.5 Å². The molecule has 0 unspecified atom stereocenters. The molecular weight excluding hydrogens is 240 g/mol. The van der Waals surface area contributed by atoms with E-state index in [1.165, 1.54) is 6.07 Å². The molecule has 0 aliphatic rings. The van der Waals surface area contributed by atoms with E-state index in [1.807, 2.05) is 26.0 Å². The van der Waals surface area contributed by atoms with Crippen molar-refractivity contribution in [2.24, 2.45) is 0 Å². The van der Waals surface area contributed by atoms with Gasteiger partial charge >= 0.3 is 0 Å². The number of para-hydroxylation sites is 1. The first-order valence-electron chi connectivity index (χ1n) is 6.44. The van der Waals surface area contributed by atoms with Crippen LogP contribution in [0.2, 0.25) is 0 Å². The maximum atomic E-state index is 10.1.